The minimum Gasteiger partial charge on any atom is -0.495 e. The van der Waals surface area contributed by atoms with Gasteiger partial charge >= 0.3 is 5.97 Å². The van der Waals surface area contributed by atoms with Crippen molar-refractivity contribution in [2.45, 2.75) is 19.6 Å². The van der Waals surface area contributed by atoms with E-state index in [2.05, 4.69) is 0 Å². The number of rotatable bonds is 6. The maximum absolute atomic E-state index is 11.6. The summed E-state index contributed by atoms with van der Waals surface area (Å²) in [6.07, 6.45) is -1.39. The van der Waals surface area contributed by atoms with E-state index in [1.807, 2.05) is 0 Å². The van der Waals surface area contributed by atoms with Crippen molar-refractivity contribution in [1.82, 2.24) is 0 Å². The molecule has 0 heterocycles. The first-order valence-corrected chi connectivity index (χ1v) is 6.12. The normalized spacial score (nSPS) is 12.1. The number of esters is 1. The second-order valence-electron chi connectivity index (χ2n) is 3.77. The summed E-state index contributed by atoms with van der Waals surface area (Å²) in [4.78, 5) is 11.6. The molecule has 0 saturated heterocycles. The molecule has 1 aromatic carbocycles. The topological polar surface area (TPSA) is 65.0 Å². The third-order valence-corrected chi connectivity index (χ3v) is 2.81. The van der Waals surface area contributed by atoms with Gasteiger partial charge in [0.1, 0.15) is 5.75 Å². The summed E-state index contributed by atoms with van der Waals surface area (Å²) in [5, 5.41) is 10.3. The molecule has 1 N–H and O–H groups in total. The average molecular weight is 289 g/mol. The number of benzene rings is 1. The molecule has 0 aromatic heterocycles. The molecular formula is C13H17ClO5. The van der Waals surface area contributed by atoms with Crippen LogP contribution >= 0.6 is 11.6 Å². The maximum Gasteiger partial charge on any atom is 0.339 e. The Balaban J connectivity index is 3.16. The highest BCUT2D eigenvalue weighted by Gasteiger charge is 2.23. The molecule has 106 valence electrons. The molecule has 1 atom stereocenters. The van der Waals surface area contributed by atoms with Crippen LogP contribution in [0, 0.1) is 0 Å². The van der Waals surface area contributed by atoms with Crippen molar-refractivity contribution in [3.05, 3.63) is 28.3 Å². The van der Waals surface area contributed by atoms with Crippen LogP contribution in [0.15, 0.2) is 12.1 Å². The molecule has 0 amide bonds. The first-order valence-electron chi connectivity index (χ1n) is 5.75. The van der Waals surface area contributed by atoms with E-state index >= 15 is 0 Å². The minimum absolute atomic E-state index is 0.194. The maximum atomic E-state index is 11.6. The molecular weight excluding hydrogens is 272 g/mol. The van der Waals surface area contributed by atoms with E-state index in [4.69, 9.17) is 25.8 Å². The fraction of sp³-hybridized carbons (Fsp3) is 0.462. The summed E-state index contributed by atoms with van der Waals surface area (Å²) in [7, 11) is 3.00. The van der Waals surface area contributed by atoms with Crippen LogP contribution in [0.2, 0.25) is 5.02 Å². The lowest BCUT2D eigenvalue weighted by Crippen LogP contribution is -2.17. The number of hydrogen-bond donors (Lipinski definition) is 1. The van der Waals surface area contributed by atoms with E-state index in [0.29, 0.717) is 21.9 Å². The highest BCUT2D eigenvalue weighted by Crippen LogP contribution is 2.32. The number of ether oxygens (including phenoxy) is 3. The zero-order valence-electron chi connectivity index (χ0n) is 11.1. The predicted molar refractivity (Wildman–Crippen MR) is 70.3 cm³/mol. The summed E-state index contributed by atoms with van der Waals surface area (Å²) in [5.41, 5.74) is 0.968. The van der Waals surface area contributed by atoms with Crippen LogP contribution in [0.1, 0.15) is 24.2 Å². The molecule has 1 rings (SSSR count). The van der Waals surface area contributed by atoms with Gasteiger partial charge < -0.3 is 19.3 Å². The zero-order chi connectivity index (χ0) is 14.4. The molecule has 5 nitrogen and oxygen atoms in total. The summed E-state index contributed by atoms with van der Waals surface area (Å²) < 4.78 is 14.9. The second kappa shape index (κ2) is 7.33. The molecule has 19 heavy (non-hydrogen) atoms. The van der Waals surface area contributed by atoms with Crippen molar-refractivity contribution in [3.63, 3.8) is 0 Å². The average Bonchev–Trinajstić information content (AvgIpc) is 2.40. The lowest BCUT2D eigenvalue weighted by atomic mass is 10.0. The van der Waals surface area contributed by atoms with Gasteiger partial charge in [0, 0.05) is 7.11 Å². The van der Waals surface area contributed by atoms with Gasteiger partial charge in [0.2, 0.25) is 0 Å². The van der Waals surface area contributed by atoms with Gasteiger partial charge in [0.25, 0.3) is 0 Å². The van der Waals surface area contributed by atoms with Crippen molar-refractivity contribution in [2.24, 2.45) is 0 Å². The fourth-order valence-corrected chi connectivity index (χ4v) is 1.90. The van der Waals surface area contributed by atoms with Gasteiger partial charge in [0.05, 0.1) is 25.3 Å². The predicted octanol–water partition coefficient (Wildman–Crippen LogP) is 2.09. The molecule has 0 radical (unpaired) electrons. The molecule has 0 fully saturated rings. The van der Waals surface area contributed by atoms with Gasteiger partial charge in [0.15, 0.2) is 6.10 Å². The number of aliphatic hydroxyl groups is 1. The van der Waals surface area contributed by atoms with Crippen LogP contribution in [-0.4, -0.2) is 31.9 Å². The first-order chi connectivity index (χ1) is 9.04. The van der Waals surface area contributed by atoms with Crippen molar-refractivity contribution < 1.29 is 24.1 Å². The van der Waals surface area contributed by atoms with Gasteiger partial charge in [-0.2, -0.15) is 0 Å². The number of aliphatic hydroxyl groups excluding tert-OH is 1. The smallest absolute Gasteiger partial charge is 0.339 e. The molecule has 0 bridgehead atoms. The Morgan fingerprint density at radius 1 is 1.42 bits per heavy atom. The summed E-state index contributed by atoms with van der Waals surface area (Å²) >= 11 is 6.00. The Kier molecular flexibility index (Phi) is 6.08. The summed E-state index contributed by atoms with van der Waals surface area (Å²) in [6, 6.07) is 3.11. The highest BCUT2D eigenvalue weighted by atomic mass is 35.5. The number of carbonyl (C=O) groups is 1. The van der Waals surface area contributed by atoms with E-state index in [9.17, 15) is 9.90 Å². The second-order valence-corrected chi connectivity index (χ2v) is 4.18. The monoisotopic (exact) mass is 288 g/mol. The van der Waals surface area contributed by atoms with Crippen molar-refractivity contribution in [3.8, 4) is 5.75 Å². The van der Waals surface area contributed by atoms with Gasteiger partial charge in [-0.15, -0.1) is 0 Å². The van der Waals surface area contributed by atoms with Gasteiger partial charge in [-0.25, -0.2) is 4.79 Å². The molecule has 6 heteroatoms. The molecule has 1 aromatic rings. The van der Waals surface area contributed by atoms with Crippen molar-refractivity contribution in [1.29, 1.82) is 0 Å². The molecule has 0 spiro atoms. The van der Waals surface area contributed by atoms with E-state index < -0.39 is 12.1 Å². The van der Waals surface area contributed by atoms with Crippen LogP contribution in [0.5, 0.6) is 5.75 Å². The number of carbonyl (C=O) groups excluding carboxylic acids is 1. The van der Waals surface area contributed by atoms with E-state index in [1.54, 1.807) is 13.0 Å². The number of methoxy groups -OCH3 is 2. The Bertz CT molecular complexity index is 447. The zero-order valence-corrected chi connectivity index (χ0v) is 11.9. The van der Waals surface area contributed by atoms with Crippen LogP contribution in [0.3, 0.4) is 0 Å². The quantitative estimate of drug-likeness (QED) is 0.812. The van der Waals surface area contributed by atoms with E-state index in [1.165, 1.54) is 20.3 Å². The summed E-state index contributed by atoms with van der Waals surface area (Å²) in [5.74, 6) is -0.269. The summed E-state index contributed by atoms with van der Waals surface area (Å²) in [6.45, 7) is 2.08. The fourth-order valence-electron chi connectivity index (χ4n) is 1.65. The van der Waals surface area contributed by atoms with E-state index in [0.717, 1.165) is 0 Å². The molecule has 0 aliphatic carbocycles. The minimum atomic E-state index is -1.39. The Hall–Kier alpha value is -1.30. The largest absolute Gasteiger partial charge is 0.495 e. The third-order valence-electron chi connectivity index (χ3n) is 2.52. The molecule has 1 unspecified atom stereocenters. The lowest BCUT2D eigenvalue weighted by Gasteiger charge is -2.16. The Labute approximate surface area is 117 Å². The van der Waals surface area contributed by atoms with Crippen LogP contribution in [0.4, 0.5) is 0 Å². The lowest BCUT2D eigenvalue weighted by molar-refractivity contribution is -0.153. The molecule has 0 saturated carbocycles. The SMILES string of the molecule is CCOC(=O)C(O)c1cc(Cl)c(OC)cc1COC. The third kappa shape index (κ3) is 3.83. The van der Waals surface area contributed by atoms with Crippen molar-refractivity contribution in [2.75, 3.05) is 20.8 Å². The standard InChI is InChI=1S/C13H17ClO5/c1-4-19-13(16)12(15)9-6-10(14)11(18-3)5-8(9)7-17-2/h5-6,12,15H,4,7H2,1-3H3. The molecule has 0 aliphatic heterocycles. The Morgan fingerprint density at radius 2 is 2.11 bits per heavy atom. The number of hydrogen-bond acceptors (Lipinski definition) is 5. The highest BCUT2D eigenvalue weighted by molar-refractivity contribution is 6.32. The van der Waals surface area contributed by atoms with Crippen LogP contribution in [0.25, 0.3) is 0 Å². The van der Waals surface area contributed by atoms with Crippen LogP contribution < -0.4 is 4.74 Å². The first kappa shape index (κ1) is 15.8. The van der Waals surface area contributed by atoms with Gasteiger partial charge in [-0.1, -0.05) is 11.6 Å². The number of halogens is 1. The van der Waals surface area contributed by atoms with E-state index in [-0.39, 0.29) is 13.2 Å². The van der Waals surface area contributed by atoms with Gasteiger partial charge in [-0.3, -0.25) is 0 Å². The van der Waals surface area contributed by atoms with Crippen LogP contribution in [-0.2, 0) is 20.9 Å². The molecule has 0 aliphatic rings. The Morgan fingerprint density at radius 3 is 2.63 bits per heavy atom. The van der Waals surface area contributed by atoms with Gasteiger partial charge in [-0.05, 0) is 30.2 Å². The van der Waals surface area contributed by atoms with Crippen molar-refractivity contribution >= 4 is 17.6 Å².